The van der Waals surface area contributed by atoms with Crippen molar-refractivity contribution in [2.24, 2.45) is 0 Å². The van der Waals surface area contributed by atoms with Gasteiger partial charge >= 0.3 is 0 Å². The summed E-state index contributed by atoms with van der Waals surface area (Å²) in [5.74, 6) is -0.911. The molecule has 0 fully saturated rings. The Bertz CT molecular complexity index is 1150. The van der Waals surface area contributed by atoms with Crippen LogP contribution in [0.5, 0.6) is 0 Å². The van der Waals surface area contributed by atoms with E-state index in [9.17, 15) is 18.0 Å². The Hall–Kier alpha value is -1.81. The van der Waals surface area contributed by atoms with Crippen molar-refractivity contribution in [3.63, 3.8) is 0 Å². The fourth-order valence-corrected chi connectivity index (χ4v) is 4.98. The zero-order valence-electron chi connectivity index (χ0n) is 19.6. The van der Waals surface area contributed by atoms with Crippen LogP contribution in [0.1, 0.15) is 33.3 Å². The standard InChI is InChI=1S/C23H28BrCl2N3O4S/c1-15(22(31)27-23(2,3)4)28(13-16-7-6-8-17(24)9-16)21(30)14-29(34(5,32)33)20-11-18(25)10-19(26)12-20/h6-12,15H,13-14H2,1-5H3,(H,27,31)/t15-/m1/s1. The first kappa shape index (κ1) is 28.4. The van der Waals surface area contributed by atoms with Crippen molar-refractivity contribution in [3.8, 4) is 0 Å². The highest BCUT2D eigenvalue weighted by molar-refractivity contribution is 9.10. The summed E-state index contributed by atoms with van der Waals surface area (Å²) < 4.78 is 26.9. The number of halogens is 3. The number of hydrogen-bond donors (Lipinski definition) is 1. The van der Waals surface area contributed by atoms with Crippen LogP contribution in [0.4, 0.5) is 5.69 Å². The molecule has 0 unspecified atom stereocenters. The second-order valence-electron chi connectivity index (χ2n) is 8.96. The first-order chi connectivity index (χ1) is 15.6. The summed E-state index contributed by atoms with van der Waals surface area (Å²) >= 11 is 15.5. The average molecular weight is 593 g/mol. The fourth-order valence-electron chi connectivity index (χ4n) is 3.19. The van der Waals surface area contributed by atoms with E-state index < -0.39 is 34.1 Å². The monoisotopic (exact) mass is 591 g/mol. The molecule has 11 heteroatoms. The first-order valence-corrected chi connectivity index (χ1v) is 13.8. The number of nitrogens with one attached hydrogen (secondary N) is 1. The Labute approximate surface area is 219 Å². The molecule has 2 amide bonds. The van der Waals surface area contributed by atoms with Crippen LogP contribution in [-0.2, 0) is 26.2 Å². The van der Waals surface area contributed by atoms with Gasteiger partial charge in [0.2, 0.25) is 21.8 Å². The van der Waals surface area contributed by atoms with Gasteiger partial charge in [-0.1, -0.05) is 51.3 Å². The number of nitrogens with zero attached hydrogens (tertiary/aromatic N) is 2. The van der Waals surface area contributed by atoms with E-state index in [0.29, 0.717) is 0 Å². The van der Waals surface area contributed by atoms with E-state index in [4.69, 9.17) is 23.2 Å². The average Bonchev–Trinajstić information content (AvgIpc) is 2.66. The second kappa shape index (κ2) is 11.3. The molecule has 0 aliphatic carbocycles. The van der Waals surface area contributed by atoms with Crippen LogP contribution in [0.25, 0.3) is 0 Å². The number of benzene rings is 2. The maximum atomic E-state index is 13.5. The van der Waals surface area contributed by atoms with Crippen molar-refractivity contribution in [2.45, 2.75) is 45.8 Å². The number of carbonyl (C=O) groups is 2. The van der Waals surface area contributed by atoms with E-state index in [-0.39, 0.29) is 28.2 Å². The Balaban J connectivity index is 2.44. The van der Waals surface area contributed by atoms with Gasteiger partial charge in [0.15, 0.2) is 0 Å². The molecule has 0 radical (unpaired) electrons. The Morgan fingerprint density at radius 3 is 2.18 bits per heavy atom. The van der Waals surface area contributed by atoms with E-state index in [2.05, 4.69) is 21.2 Å². The van der Waals surface area contributed by atoms with Crippen molar-refractivity contribution in [1.29, 1.82) is 0 Å². The van der Waals surface area contributed by atoms with Crippen LogP contribution >= 0.6 is 39.1 Å². The SMILES string of the molecule is C[C@H](C(=O)NC(C)(C)C)N(Cc1cccc(Br)c1)C(=O)CN(c1cc(Cl)cc(Cl)c1)S(C)(=O)=O. The van der Waals surface area contributed by atoms with Gasteiger partial charge in [-0.2, -0.15) is 0 Å². The maximum absolute atomic E-state index is 13.5. The van der Waals surface area contributed by atoms with Gasteiger partial charge in [0.25, 0.3) is 0 Å². The lowest BCUT2D eigenvalue weighted by Gasteiger charge is -2.33. The number of amides is 2. The lowest BCUT2D eigenvalue weighted by atomic mass is 10.1. The van der Waals surface area contributed by atoms with Gasteiger partial charge in [0.1, 0.15) is 12.6 Å². The molecule has 0 aliphatic heterocycles. The third-order valence-electron chi connectivity index (χ3n) is 4.72. The molecule has 34 heavy (non-hydrogen) atoms. The minimum atomic E-state index is -3.87. The highest BCUT2D eigenvalue weighted by Crippen LogP contribution is 2.27. The molecule has 0 aromatic heterocycles. The summed E-state index contributed by atoms with van der Waals surface area (Å²) in [7, 11) is -3.87. The molecule has 2 rings (SSSR count). The van der Waals surface area contributed by atoms with E-state index in [0.717, 1.165) is 20.6 Å². The topological polar surface area (TPSA) is 86.8 Å². The Kier molecular flexibility index (Phi) is 9.44. The molecule has 0 heterocycles. The molecule has 1 N–H and O–H groups in total. The number of hydrogen-bond acceptors (Lipinski definition) is 4. The van der Waals surface area contributed by atoms with Gasteiger partial charge in [0, 0.05) is 26.6 Å². The Morgan fingerprint density at radius 1 is 1.09 bits per heavy atom. The lowest BCUT2D eigenvalue weighted by Crippen LogP contribution is -2.54. The number of sulfonamides is 1. The van der Waals surface area contributed by atoms with Crippen LogP contribution in [0.2, 0.25) is 10.0 Å². The lowest BCUT2D eigenvalue weighted by molar-refractivity contribution is -0.140. The molecule has 0 aliphatic rings. The third-order valence-corrected chi connectivity index (χ3v) is 6.79. The molecule has 0 saturated carbocycles. The molecule has 186 valence electrons. The van der Waals surface area contributed by atoms with Crippen LogP contribution < -0.4 is 9.62 Å². The van der Waals surface area contributed by atoms with Crippen molar-refractivity contribution < 1.29 is 18.0 Å². The number of anilines is 1. The van der Waals surface area contributed by atoms with E-state index in [1.807, 2.05) is 45.0 Å². The highest BCUT2D eigenvalue weighted by Gasteiger charge is 2.31. The number of carbonyl (C=O) groups excluding carboxylic acids is 2. The zero-order chi connectivity index (χ0) is 25.8. The summed E-state index contributed by atoms with van der Waals surface area (Å²) in [6.45, 7) is 6.70. The minimum Gasteiger partial charge on any atom is -0.350 e. The fraction of sp³-hybridized carbons (Fsp3) is 0.391. The minimum absolute atomic E-state index is 0.102. The van der Waals surface area contributed by atoms with Crippen LogP contribution in [0.15, 0.2) is 46.9 Å². The molecular weight excluding hydrogens is 565 g/mol. The van der Waals surface area contributed by atoms with Crippen LogP contribution in [0.3, 0.4) is 0 Å². The smallest absolute Gasteiger partial charge is 0.244 e. The second-order valence-corrected chi connectivity index (χ2v) is 12.7. The van der Waals surface area contributed by atoms with Gasteiger partial charge in [-0.3, -0.25) is 13.9 Å². The molecule has 0 spiro atoms. The van der Waals surface area contributed by atoms with Gasteiger partial charge in [-0.15, -0.1) is 0 Å². The highest BCUT2D eigenvalue weighted by atomic mass is 79.9. The largest absolute Gasteiger partial charge is 0.350 e. The van der Waals surface area contributed by atoms with E-state index in [1.165, 1.54) is 23.1 Å². The normalized spacial score (nSPS) is 12.7. The van der Waals surface area contributed by atoms with Gasteiger partial charge < -0.3 is 10.2 Å². The van der Waals surface area contributed by atoms with Crippen LogP contribution in [0, 0.1) is 0 Å². The molecule has 0 bridgehead atoms. The summed E-state index contributed by atoms with van der Waals surface area (Å²) in [6.07, 6.45) is 0.990. The quantitative estimate of drug-likeness (QED) is 0.474. The summed E-state index contributed by atoms with van der Waals surface area (Å²) in [4.78, 5) is 27.8. The predicted molar refractivity (Wildman–Crippen MR) is 141 cm³/mol. The third kappa shape index (κ3) is 8.45. The van der Waals surface area contributed by atoms with Crippen molar-refractivity contribution in [1.82, 2.24) is 10.2 Å². The van der Waals surface area contributed by atoms with Gasteiger partial charge in [-0.25, -0.2) is 8.42 Å². The summed E-state index contributed by atoms with van der Waals surface area (Å²) in [6, 6.07) is 10.7. The molecule has 0 saturated heterocycles. The van der Waals surface area contributed by atoms with Gasteiger partial charge in [-0.05, 0) is 63.6 Å². The molecule has 2 aromatic carbocycles. The molecular formula is C23H28BrCl2N3O4S. The van der Waals surface area contributed by atoms with Gasteiger partial charge in [0.05, 0.1) is 11.9 Å². The molecule has 7 nitrogen and oxygen atoms in total. The van der Waals surface area contributed by atoms with E-state index in [1.54, 1.807) is 6.92 Å². The maximum Gasteiger partial charge on any atom is 0.244 e. The zero-order valence-corrected chi connectivity index (χ0v) is 23.5. The molecule has 2 aromatic rings. The van der Waals surface area contributed by atoms with Crippen LogP contribution in [-0.4, -0.2) is 49.5 Å². The van der Waals surface area contributed by atoms with Crippen molar-refractivity contribution in [2.75, 3.05) is 17.1 Å². The summed E-state index contributed by atoms with van der Waals surface area (Å²) in [5.41, 5.74) is 0.420. The molecule has 1 atom stereocenters. The first-order valence-electron chi connectivity index (χ1n) is 10.4. The van der Waals surface area contributed by atoms with Crippen molar-refractivity contribution >= 4 is 66.7 Å². The summed E-state index contributed by atoms with van der Waals surface area (Å²) in [5, 5.41) is 3.33. The Morgan fingerprint density at radius 2 is 1.68 bits per heavy atom. The predicted octanol–water partition coefficient (Wildman–Crippen LogP) is 4.85. The van der Waals surface area contributed by atoms with Crippen molar-refractivity contribution in [3.05, 3.63) is 62.5 Å². The number of rotatable bonds is 8. The van der Waals surface area contributed by atoms with E-state index >= 15 is 0 Å².